The third-order valence-electron chi connectivity index (χ3n) is 4.06. The van der Waals surface area contributed by atoms with E-state index in [1.807, 2.05) is 30.3 Å². The number of nitro benzene ring substituents is 1. The second kappa shape index (κ2) is 7.74. The maximum atomic E-state index is 12.4. The Morgan fingerprint density at radius 3 is 2.41 bits per heavy atom. The second-order valence-electron chi connectivity index (χ2n) is 5.90. The van der Waals surface area contributed by atoms with E-state index in [9.17, 15) is 14.9 Å². The first kappa shape index (κ1) is 18.2. The zero-order valence-electron chi connectivity index (χ0n) is 14.8. The Kier molecular flexibility index (Phi) is 5.21. The minimum atomic E-state index is -0.840. The summed E-state index contributed by atoms with van der Waals surface area (Å²) in [7, 11) is 1.59. The summed E-state index contributed by atoms with van der Waals surface area (Å²) in [6, 6.07) is 17.1. The number of nitro groups is 1. The standard InChI is InChI=1S/C20H18N2O5/c1-13(20(23)21-18-5-3-4-6-19(18)22(24)25)27-17-10-8-14-7-9-16(26-2)11-15(14)12-17/h3-13H,1-2H3,(H,21,23)/t13-/m1/s1. The summed E-state index contributed by atoms with van der Waals surface area (Å²) in [5.41, 5.74) is -0.0398. The molecule has 1 N–H and O–H groups in total. The van der Waals surface area contributed by atoms with Gasteiger partial charge in [-0.2, -0.15) is 0 Å². The fraction of sp³-hybridized carbons (Fsp3) is 0.150. The van der Waals surface area contributed by atoms with Crippen molar-refractivity contribution in [3.63, 3.8) is 0 Å². The van der Waals surface area contributed by atoms with E-state index in [2.05, 4.69) is 5.32 Å². The van der Waals surface area contributed by atoms with Gasteiger partial charge >= 0.3 is 0 Å². The van der Waals surface area contributed by atoms with Crippen molar-refractivity contribution in [2.75, 3.05) is 12.4 Å². The van der Waals surface area contributed by atoms with Crippen LogP contribution in [0.15, 0.2) is 60.7 Å². The van der Waals surface area contributed by atoms with Crippen LogP contribution in [0.25, 0.3) is 10.8 Å². The van der Waals surface area contributed by atoms with Crippen molar-refractivity contribution < 1.29 is 19.2 Å². The van der Waals surface area contributed by atoms with Crippen LogP contribution in [0.3, 0.4) is 0 Å². The highest BCUT2D eigenvalue weighted by atomic mass is 16.6. The number of nitrogens with zero attached hydrogens (tertiary/aromatic N) is 1. The van der Waals surface area contributed by atoms with E-state index in [4.69, 9.17) is 9.47 Å². The predicted octanol–water partition coefficient (Wildman–Crippen LogP) is 4.16. The van der Waals surface area contributed by atoms with E-state index in [-0.39, 0.29) is 11.4 Å². The number of carbonyl (C=O) groups is 1. The molecule has 0 aliphatic carbocycles. The van der Waals surface area contributed by atoms with E-state index in [1.54, 1.807) is 26.2 Å². The summed E-state index contributed by atoms with van der Waals surface area (Å²) in [6.07, 6.45) is -0.840. The topological polar surface area (TPSA) is 90.7 Å². The summed E-state index contributed by atoms with van der Waals surface area (Å²) < 4.78 is 10.9. The normalized spacial score (nSPS) is 11.6. The van der Waals surface area contributed by atoms with Crippen LogP contribution in [0.1, 0.15) is 6.92 Å². The number of fused-ring (bicyclic) bond motifs is 1. The number of nitrogens with one attached hydrogen (secondary N) is 1. The Labute approximate surface area is 155 Å². The summed E-state index contributed by atoms with van der Waals surface area (Å²) in [5, 5.41) is 15.5. The molecule has 0 heterocycles. The smallest absolute Gasteiger partial charge is 0.292 e. The molecule has 0 radical (unpaired) electrons. The molecule has 0 saturated heterocycles. The van der Waals surface area contributed by atoms with Gasteiger partial charge in [0.1, 0.15) is 17.2 Å². The third-order valence-corrected chi connectivity index (χ3v) is 4.06. The molecular formula is C20H18N2O5. The number of carbonyl (C=O) groups excluding carboxylic acids is 1. The van der Waals surface area contributed by atoms with Gasteiger partial charge in [-0.1, -0.05) is 24.3 Å². The van der Waals surface area contributed by atoms with Gasteiger partial charge in [0.25, 0.3) is 11.6 Å². The average molecular weight is 366 g/mol. The van der Waals surface area contributed by atoms with Gasteiger partial charge < -0.3 is 14.8 Å². The molecule has 0 aromatic heterocycles. The number of hydrogen-bond donors (Lipinski definition) is 1. The number of hydrogen-bond acceptors (Lipinski definition) is 5. The zero-order valence-corrected chi connectivity index (χ0v) is 14.8. The minimum absolute atomic E-state index is 0.131. The Balaban J connectivity index is 1.75. The van der Waals surface area contributed by atoms with E-state index in [1.165, 1.54) is 18.2 Å². The largest absolute Gasteiger partial charge is 0.497 e. The quantitative estimate of drug-likeness (QED) is 0.522. The Hall–Kier alpha value is -3.61. The molecule has 0 aliphatic rings. The maximum Gasteiger partial charge on any atom is 0.292 e. The van der Waals surface area contributed by atoms with Crippen molar-refractivity contribution in [1.82, 2.24) is 0 Å². The Bertz CT molecular complexity index is 1000. The number of anilines is 1. The molecular weight excluding hydrogens is 348 g/mol. The summed E-state index contributed by atoms with van der Waals surface area (Å²) in [5.74, 6) is 0.762. The van der Waals surface area contributed by atoms with Crippen LogP contribution in [0.5, 0.6) is 11.5 Å². The molecule has 0 bridgehead atoms. The average Bonchev–Trinajstić information content (AvgIpc) is 2.67. The highest BCUT2D eigenvalue weighted by molar-refractivity contribution is 5.96. The fourth-order valence-electron chi connectivity index (χ4n) is 2.63. The first-order valence-electron chi connectivity index (χ1n) is 8.26. The van der Waals surface area contributed by atoms with Gasteiger partial charge in [-0.15, -0.1) is 0 Å². The van der Waals surface area contributed by atoms with Crippen LogP contribution in [0, 0.1) is 10.1 Å². The van der Waals surface area contributed by atoms with Crippen molar-refractivity contribution in [2.24, 2.45) is 0 Å². The molecule has 7 heteroatoms. The van der Waals surface area contributed by atoms with E-state index >= 15 is 0 Å². The summed E-state index contributed by atoms with van der Waals surface area (Å²) in [4.78, 5) is 22.9. The molecule has 0 fully saturated rings. The van der Waals surface area contributed by atoms with Crippen LogP contribution < -0.4 is 14.8 Å². The van der Waals surface area contributed by atoms with Crippen LogP contribution in [-0.2, 0) is 4.79 Å². The van der Waals surface area contributed by atoms with E-state index in [0.29, 0.717) is 5.75 Å². The number of methoxy groups -OCH3 is 1. The molecule has 1 atom stereocenters. The SMILES string of the molecule is COc1ccc2ccc(O[C@H](C)C(=O)Nc3ccccc3[N+](=O)[O-])cc2c1. The number of amides is 1. The lowest BCUT2D eigenvalue weighted by Crippen LogP contribution is -2.30. The number of benzene rings is 3. The molecule has 7 nitrogen and oxygen atoms in total. The van der Waals surface area contributed by atoms with Gasteiger partial charge in [0.2, 0.25) is 0 Å². The van der Waals surface area contributed by atoms with Crippen LogP contribution in [-0.4, -0.2) is 24.0 Å². The first-order valence-corrected chi connectivity index (χ1v) is 8.26. The first-order chi connectivity index (χ1) is 13.0. The predicted molar refractivity (Wildman–Crippen MR) is 102 cm³/mol. The van der Waals surface area contributed by atoms with Gasteiger partial charge in [-0.3, -0.25) is 14.9 Å². The summed E-state index contributed by atoms with van der Waals surface area (Å²) in [6.45, 7) is 1.58. The number of ether oxygens (including phenoxy) is 2. The summed E-state index contributed by atoms with van der Waals surface area (Å²) >= 11 is 0. The van der Waals surface area contributed by atoms with Crippen molar-refractivity contribution in [1.29, 1.82) is 0 Å². The highest BCUT2D eigenvalue weighted by Gasteiger charge is 2.20. The zero-order chi connectivity index (χ0) is 19.4. The number of rotatable bonds is 6. The molecule has 3 aromatic rings. The molecule has 0 spiro atoms. The van der Waals surface area contributed by atoms with Crippen molar-refractivity contribution in [2.45, 2.75) is 13.0 Å². The molecule has 0 saturated carbocycles. The lowest BCUT2D eigenvalue weighted by molar-refractivity contribution is -0.383. The van der Waals surface area contributed by atoms with E-state index in [0.717, 1.165) is 16.5 Å². The van der Waals surface area contributed by atoms with Gasteiger partial charge in [-0.25, -0.2) is 0 Å². The van der Waals surface area contributed by atoms with Crippen molar-refractivity contribution >= 4 is 28.1 Å². The van der Waals surface area contributed by atoms with Gasteiger partial charge in [0.05, 0.1) is 12.0 Å². The Morgan fingerprint density at radius 2 is 1.70 bits per heavy atom. The second-order valence-corrected chi connectivity index (χ2v) is 5.90. The van der Waals surface area contributed by atoms with Crippen LogP contribution in [0.2, 0.25) is 0 Å². The molecule has 3 rings (SSSR count). The molecule has 1 amide bonds. The molecule has 27 heavy (non-hydrogen) atoms. The van der Waals surface area contributed by atoms with Gasteiger partial charge in [-0.05, 0) is 48.0 Å². The van der Waals surface area contributed by atoms with E-state index < -0.39 is 16.9 Å². The Morgan fingerprint density at radius 1 is 1.04 bits per heavy atom. The molecule has 3 aromatic carbocycles. The number of para-hydroxylation sites is 2. The van der Waals surface area contributed by atoms with Crippen molar-refractivity contribution in [3.8, 4) is 11.5 Å². The van der Waals surface area contributed by atoms with Crippen LogP contribution in [0.4, 0.5) is 11.4 Å². The van der Waals surface area contributed by atoms with Crippen LogP contribution >= 0.6 is 0 Å². The van der Waals surface area contributed by atoms with Gasteiger partial charge in [0, 0.05) is 6.07 Å². The molecule has 0 aliphatic heterocycles. The monoisotopic (exact) mass is 366 g/mol. The maximum absolute atomic E-state index is 12.4. The minimum Gasteiger partial charge on any atom is -0.497 e. The lowest BCUT2D eigenvalue weighted by atomic mass is 10.1. The highest BCUT2D eigenvalue weighted by Crippen LogP contribution is 2.26. The lowest BCUT2D eigenvalue weighted by Gasteiger charge is -2.15. The van der Waals surface area contributed by atoms with Crippen molar-refractivity contribution in [3.05, 3.63) is 70.8 Å². The fourth-order valence-corrected chi connectivity index (χ4v) is 2.63. The van der Waals surface area contributed by atoms with Gasteiger partial charge in [0.15, 0.2) is 6.10 Å². The molecule has 0 unspecified atom stereocenters. The third kappa shape index (κ3) is 4.14. The molecule has 138 valence electrons.